The maximum atomic E-state index is 12.5. The molecular weight excluding hydrogens is 302 g/mol. The largest absolute Gasteiger partial charge is 0.343 e. The number of carbonyl (C=O) groups excluding carboxylic acids is 1. The van der Waals surface area contributed by atoms with Gasteiger partial charge in [0.2, 0.25) is 5.91 Å². The van der Waals surface area contributed by atoms with Gasteiger partial charge in [0.25, 0.3) is 5.56 Å². The highest BCUT2D eigenvalue weighted by atomic mass is 16.2. The van der Waals surface area contributed by atoms with E-state index in [1.807, 2.05) is 35.2 Å². The molecule has 4 rings (SSSR count). The summed E-state index contributed by atoms with van der Waals surface area (Å²) in [6, 6.07) is 9.77. The Morgan fingerprint density at radius 3 is 2.54 bits per heavy atom. The molecule has 1 aliphatic carbocycles. The van der Waals surface area contributed by atoms with Crippen molar-refractivity contribution < 1.29 is 4.79 Å². The van der Waals surface area contributed by atoms with E-state index in [2.05, 4.69) is 4.98 Å². The molecule has 2 aromatic rings. The highest BCUT2D eigenvalue weighted by Crippen LogP contribution is 2.44. The van der Waals surface area contributed by atoms with Crippen LogP contribution in [0.3, 0.4) is 0 Å². The third-order valence-corrected chi connectivity index (χ3v) is 5.58. The quantitative estimate of drug-likeness (QED) is 0.875. The van der Waals surface area contributed by atoms with Gasteiger partial charge >= 0.3 is 0 Å². The Morgan fingerprint density at radius 1 is 1.17 bits per heavy atom. The lowest BCUT2D eigenvalue weighted by Gasteiger charge is -2.39. The van der Waals surface area contributed by atoms with E-state index in [0.717, 1.165) is 55.6 Å². The van der Waals surface area contributed by atoms with Crippen molar-refractivity contribution >= 4 is 5.91 Å². The predicted octanol–water partition coefficient (Wildman–Crippen LogP) is 2.26. The lowest BCUT2D eigenvalue weighted by molar-refractivity contribution is -0.130. The molecule has 1 aromatic carbocycles. The minimum absolute atomic E-state index is 0.00951. The van der Waals surface area contributed by atoms with E-state index < -0.39 is 0 Å². The number of rotatable bonds is 1. The smallest absolute Gasteiger partial charge is 0.254 e. The zero-order valence-corrected chi connectivity index (χ0v) is 13.8. The predicted molar refractivity (Wildman–Crippen MR) is 91.8 cm³/mol. The van der Waals surface area contributed by atoms with Gasteiger partial charge in [-0.1, -0.05) is 30.3 Å². The third-order valence-electron chi connectivity index (χ3n) is 5.58. The van der Waals surface area contributed by atoms with Gasteiger partial charge in [-0.05, 0) is 25.7 Å². The number of carbonyl (C=O) groups is 1. The summed E-state index contributed by atoms with van der Waals surface area (Å²) in [6.07, 6.45) is 3.53. The van der Waals surface area contributed by atoms with Crippen molar-refractivity contribution in [1.82, 2.24) is 14.9 Å². The lowest BCUT2D eigenvalue weighted by Crippen LogP contribution is -2.44. The first-order chi connectivity index (χ1) is 11.6. The summed E-state index contributed by atoms with van der Waals surface area (Å²) < 4.78 is 0. The number of likely N-dealkylation sites (tertiary alicyclic amines) is 1. The van der Waals surface area contributed by atoms with Crippen molar-refractivity contribution in [2.75, 3.05) is 13.1 Å². The van der Waals surface area contributed by atoms with Crippen molar-refractivity contribution in [3.63, 3.8) is 0 Å². The average Bonchev–Trinajstić information content (AvgIpc) is 2.95. The number of aromatic nitrogens is 2. The first-order valence-corrected chi connectivity index (χ1v) is 8.54. The monoisotopic (exact) mass is 323 g/mol. The molecule has 124 valence electrons. The number of fused-ring (bicyclic) bond motifs is 2. The number of nitrogens with one attached hydrogen (secondary N) is 1. The van der Waals surface area contributed by atoms with Crippen molar-refractivity contribution in [1.29, 1.82) is 0 Å². The fourth-order valence-corrected chi connectivity index (χ4v) is 4.12. The maximum absolute atomic E-state index is 12.5. The average molecular weight is 323 g/mol. The van der Waals surface area contributed by atoms with Crippen LogP contribution in [0.5, 0.6) is 0 Å². The number of aromatic amines is 1. The van der Waals surface area contributed by atoms with Crippen molar-refractivity contribution in [2.45, 2.75) is 38.0 Å². The molecule has 0 unspecified atom stereocenters. The van der Waals surface area contributed by atoms with E-state index in [4.69, 9.17) is 4.98 Å². The molecule has 1 aromatic heterocycles. The van der Waals surface area contributed by atoms with E-state index in [1.54, 1.807) is 6.92 Å². The fraction of sp³-hybridized carbons (Fsp3) is 0.421. The molecule has 1 aliphatic heterocycles. The second-order valence-corrected chi connectivity index (χ2v) is 6.89. The van der Waals surface area contributed by atoms with Gasteiger partial charge in [-0.3, -0.25) is 9.59 Å². The van der Waals surface area contributed by atoms with Gasteiger partial charge in [-0.2, -0.15) is 0 Å². The van der Waals surface area contributed by atoms with Crippen LogP contribution in [0.4, 0.5) is 0 Å². The van der Waals surface area contributed by atoms with Crippen LogP contribution in [0.2, 0.25) is 0 Å². The molecule has 1 amide bonds. The van der Waals surface area contributed by atoms with Crippen LogP contribution in [0.15, 0.2) is 35.1 Å². The molecule has 0 atom stereocenters. The fourth-order valence-electron chi connectivity index (χ4n) is 4.12. The molecule has 1 spiro atoms. The number of H-pyrrole nitrogens is 1. The van der Waals surface area contributed by atoms with Gasteiger partial charge in [0, 0.05) is 36.6 Å². The van der Waals surface area contributed by atoms with Gasteiger partial charge < -0.3 is 9.88 Å². The second-order valence-electron chi connectivity index (χ2n) is 6.89. The Morgan fingerprint density at radius 2 is 1.88 bits per heavy atom. The van der Waals surface area contributed by atoms with Gasteiger partial charge in [-0.25, -0.2) is 4.98 Å². The highest BCUT2D eigenvalue weighted by molar-refractivity contribution is 5.73. The Hall–Kier alpha value is -2.43. The van der Waals surface area contributed by atoms with Gasteiger partial charge in [-0.15, -0.1) is 0 Å². The molecule has 0 radical (unpaired) electrons. The van der Waals surface area contributed by atoms with Gasteiger partial charge in [0.1, 0.15) is 5.82 Å². The molecule has 1 fully saturated rings. The normalized spacial score (nSPS) is 18.6. The number of benzene rings is 1. The van der Waals surface area contributed by atoms with Crippen LogP contribution in [0.1, 0.15) is 37.4 Å². The summed E-state index contributed by atoms with van der Waals surface area (Å²) in [5.74, 6) is 0.779. The third kappa shape index (κ3) is 2.35. The zero-order valence-electron chi connectivity index (χ0n) is 13.8. The Kier molecular flexibility index (Phi) is 3.52. The van der Waals surface area contributed by atoms with E-state index in [-0.39, 0.29) is 16.9 Å². The van der Waals surface area contributed by atoms with E-state index in [0.29, 0.717) is 5.82 Å². The molecule has 0 bridgehead atoms. The number of nitrogens with zero attached hydrogens (tertiary/aromatic N) is 2. The molecule has 0 saturated carbocycles. The Bertz CT molecular complexity index is 833. The van der Waals surface area contributed by atoms with E-state index in [9.17, 15) is 9.59 Å². The van der Waals surface area contributed by atoms with Crippen molar-refractivity contribution in [3.05, 3.63) is 51.9 Å². The summed E-state index contributed by atoms with van der Waals surface area (Å²) in [7, 11) is 0. The molecule has 5 nitrogen and oxygen atoms in total. The summed E-state index contributed by atoms with van der Waals surface area (Å²) in [6.45, 7) is 3.13. The lowest BCUT2D eigenvalue weighted by atomic mass is 9.76. The zero-order chi connectivity index (χ0) is 16.7. The van der Waals surface area contributed by atoms with Crippen LogP contribution >= 0.6 is 0 Å². The number of hydrogen-bond acceptors (Lipinski definition) is 3. The number of piperidine rings is 1. The minimum Gasteiger partial charge on any atom is -0.343 e. The van der Waals surface area contributed by atoms with Gasteiger partial charge in [0.15, 0.2) is 0 Å². The maximum Gasteiger partial charge on any atom is 0.254 e. The van der Waals surface area contributed by atoms with Crippen LogP contribution in [0.25, 0.3) is 11.4 Å². The molecule has 24 heavy (non-hydrogen) atoms. The van der Waals surface area contributed by atoms with Crippen molar-refractivity contribution in [3.8, 4) is 11.4 Å². The molecule has 5 heteroatoms. The standard InChI is InChI=1S/C19H21N3O2/c1-13(23)22-11-9-19(10-12-22)8-7-15-16(19)20-17(21-18(15)24)14-5-3-2-4-6-14/h2-6H,7-12H2,1H3,(H,20,21,24). The molecular formula is C19H21N3O2. The van der Waals surface area contributed by atoms with E-state index in [1.165, 1.54) is 0 Å². The SMILES string of the molecule is CC(=O)N1CCC2(CCc3c2nc(-c2ccccc2)[nH]c3=O)CC1. The Labute approximate surface area is 140 Å². The first-order valence-electron chi connectivity index (χ1n) is 8.54. The molecule has 1 saturated heterocycles. The second kappa shape index (κ2) is 5.58. The highest BCUT2D eigenvalue weighted by Gasteiger charge is 2.44. The van der Waals surface area contributed by atoms with Crippen molar-refractivity contribution in [2.24, 2.45) is 0 Å². The van der Waals surface area contributed by atoms with E-state index >= 15 is 0 Å². The van der Waals surface area contributed by atoms with Crippen LogP contribution in [-0.2, 0) is 16.6 Å². The summed E-state index contributed by atoms with van der Waals surface area (Å²) in [5, 5.41) is 0. The Balaban J connectivity index is 1.74. The van der Waals surface area contributed by atoms with Crippen LogP contribution in [0, 0.1) is 0 Å². The minimum atomic E-state index is -0.0426. The molecule has 2 heterocycles. The molecule has 2 aliphatic rings. The van der Waals surface area contributed by atoms with Crippen LogP contribution in [-0.4, -0.2) is 33.9 Å². The van der Waals surface area contributed by atoms with Crippen LogP contribution < -0.4 is 5.56 Å². The summed E-state index contributed by atoms with van der Waals surface area (Å²) >= 11 is 0. The summed E-state index contributed by atoms with van der Waals surface area (Å²) in [4.78, 5) is 33.9. The number of hydrogen-bond donors (Lipinski definition) is 1. The topological polar surface area (TPSA) is 66.1 Å². The number of amides is 1. The van der Waals surface area contributed by atoms with Gasteiger partial charge in [0.05, 0.1) is 5.69 Å². The molecule has 1 N–H and O–H groups in total. The first kappa shape index (κ1) is 15.1. The summed E-state index contributed by atoms with van der Waals surface area (Å²) in [5.41, 5.74) is 2.68.